The molecule has 0 saturated carbocycles. The number of methoxy groups -OCH3 is 1. The molecule has 1 aromatic heterocycles. The minimum atomic E-state index is 0.561. The summed E-state index contributed by atoms with van der Waals surface area (Å²) in [7, 11) is 1.65. The molecule has 1 heterocycles. The zero-order chi connectivity index (χ0) is 10.7. The summed E-state index contributed by atoms with van der Waals surface area (Å²) in [6.45, 7) is 0. The Kier molecular flexibility index (Phi) is 3.20. The van der Waals surface area contributed by atoms with E-state index in [1.165, 1.54) is 0 Å². The summed E-state index contributed by atoms with van der Waals surface area (Å²) >= 11 is 1.99. The van der Waals surface area contributed by atoms with Crippen LogP contribution in [0.2, 0.25) is 0 Å². The van der Waals surface area contributed by atoms with Crippen molar-refractivity contribution in [3.63, 3.8) is 0 Å². The number of rotatable bonds is 3. The number of nitrogens with zero attached hydrogens (tertiary/aromatic N) is 2. The Morgan fingerprint density at radius 2 is 2.27 bits per heavy atom. The third-order valence-corrected chi connectivity index (χ3v) is 2.37. The Bertz CT molecular complexity index is 456. The molecule has 0 bridgehead atoms. The summed E-state index contributed by atoms with van der Waals surface area (Å²) < 4.78 is 11.0. The first-order valence-electron chi connectivity index (χ1n) is 4.39. The van der Waals surface area contributed by atoms with Gasteiger partial charge in [0, 0.05) is 22.6 Å². The Labute approximate surface area is 101 Å². The molecule has 15 heavy (non-hydrogen) atoms. The molecule has 78 valence electrons. The lowest BCUT2D eigenvalue weighted by Crippen LogP contribution is -1.90. The summed E-state index contributed by atoms with van der Waals surface area (Å²) in [5.74, 6) is 1.45. The fraction of sp³-hybridized carbons (Fsp3) is 0.200. The van der Waals surface area contributed by atoms with Gasteiger partial charge in [0.25, 0.3) is 3.90 Å². The molecule has 0 amide bonds. The number of halogens is 1. The van der Waals surface area contributed by atoms with Gasteiger partial charge in [0.1, 0.15) is 5.75 Å². The van der Waals surface area contributed by atoms with Crippen LogP contribution >= 0.6 is 22.6 Å². The van der Waals surface area contributed by atoms with E-state index in [1.807, 2.05) is 46.9 Å². The maximum Gasteiger partial charge on any atom is 0.278 e. The van der Waals surface area contributed by atoms with Crippen molar-refractivity contribution in [1.82, 2.24) is 10.2 Å². The summed E-state index contributed by atoms with van der Waals surface area (Å²) in [5, 5.41) is 7.70. The highest BCUT2D eigenvalue weighted by Gasteiger charge is 2.04. The molecule has 2 aromatic rings. The second-order valence-corrected chi connectivity index (χ2v) is 3.90. The van der Waals surface area contributed by atoms with Crippen molar-refractivity contribution in [2.75, 3.05) is 7.11 Å². The van der Waals surface area contributed by atoms with E-state index in [4.69, 9.17) is 9.15 Å². The van der Waals surface area contributed by atoms with Gasteiger partial charge in [-0.2, -0.15) is 0 Å². The van der Waals surface area contributed by atoms with Crippen molar-refractivity contribution in [3.8, 4) is 5.75 Å². The van der Waals surface area contributed by atoms with Gasteiger partial charge >= 0.3 is 0 Å². The van der Waals surface area contributed by atoms with E-state index in [-0.39, 0.29) is 0 Å². The molecule has 5 heteroatoms. The van der Waals surface area contributed by atoms with E-state index in [2.05, 4.69) is 10.2 Å². The van der Waals surface area contributed by atoms with E-state index in [0.717, 1.165) is 11.3 Å². The number of ether oxygens (including phenoxy) is 1. The number of benzene rings is 1. The molecule has 0 aliphatic heterocycles. The van der Waals surface area contributed by atoms with Crippen molar-refractivity contribution >= 4 is 22.6 Å². The second kappa shape index (κ2) is 4.61. The van der Waals surface area contributed by atoms with Crippen molar-refractivity contribution < 1.29 is 9.15 Å². The maximum absolute atomic E-state index is 5.28. The highest BCUT2D eigenvalue weighted by molar-refractivity contribution is 14.1. The predicted octanol–water partition coefficient (Wildman–Crippen LogP) is 2.27. The largest absolute Gasteiger partial charge is 0.497 e. The van der Waals surface area contributed by atoms with Crippen LogP contribution in [0.5, 0.6) is 5.75 Å². The van der Waals surface area contributed by atoms with Gasteiger partial charge < -0.3 is 9.15 Å². The van der Waals surface area contributed by atoms with Crippen molar-refractivity contribution in [1.29, 1.82) is 0 Å². The van der Waals surface area contributed by atoms with Crippen molar-refractivity contribution in [2.24, 2.45) is 0 Å². The number of hydrogen-bond donors (Lipinski definition) is 0. The first-order chi connectivity index (χ1) is 7.28. The van der Waals surface area contributed by atoms with Gasteiger partial charge in [-0.1, -0.05) is 12.1 Å². The predicted molar refractivity (Wildman–Crippen MR) is 62.8 cm³/mol. The topological polar surface area (TPSA) is 48.2 Å². The van der Waals surface area contributed by atoms with Crippen molar-refractivity contribution in [3.05, 3.63) is 39.6 Å². The fourth-order valence-electron chi connectivity index (χ4n) is 1.26. The zero-order valence-corrected chi connectivity index (χ0v) is 10.3. The van der Waals surface area contributed by atoms with Crippen LogP contribution in [0.15, 0.2) is 28.7 Å². The summed E-state index contributed by atoms with van der Waals surface area (Å²) in [6, 6.07) is 7.80. The summed E-state index contributed by atoms with van der Waals surface area (Å²) in [5.41, 5.74) is 1.09. The average Bonchev–Trinajstić information content (AvgIpc) is 2.64. The Hall–Kier alpha value is -1.11. The molecule has 0 saturated heterocycles. The van der Waals surface area contributed by atoms with Gasteiger partial charge in [-0.3, -0.25) is 0 Å². The van der Waals surface area contributed by atoms with Crippen LogP contribution in [0.1, 0.15) is 11.5 Å². The summed E-state index contributed by atoms with van der Waals surface area (Å²) in [6.07, 6.45) is 0.632. The number of hydrogen-bond acceptors (Lipinski definition) is 4. The third kappa shape index (κ3) is 2.68. The molecule has 0 aliphatic rings. The maximum atomic E-state index is 5.28. The molecular weight excluding hydrogens is 307 g/mol. The monoisotopic (exact) mass is 316 g/mol. The molecule has 0 radical (unpaired) electrons. The van der Waals surface area contributed by atoms with Crippen LogP contribution in [0, 0.1) is 3.90 Å². The van der Waals surface area contributed by atoms with Crippen LogP contribution < -0.4 is 4.74 Å². The fourth-order valence-corrected chi connectivity index (χ4v) is 1.62. The molecule has 2 rings (SSSR count). The normalized spacial score (nSPS) is 10.3. The Balaban J connectivity index is 2.16. The summed E-state index contributed by atoms with van der Waals surface area (Å²) in [4.78, 5) is 0. The minimum absolute atomic E-state index is 0.561. The van der Waals surface area contributed by atoms with E-state index in [0.29, 0.717) is 16.2 Å². The molecule has 1 aromatic carbocycles. The van der Waals surface area contributed by atoms with Gasteiger partial charge in [-0.25, -0.2) is 0 Å². The SMILES string of the molecule is COc1cccc(Cc2nnc(I)o2)c1. The molecule has 0 N–H and O–H groups in total. The molecule has 4 nitrogen and oxygen atoms in total. The van der Waals surface area contributed by atoms with Crippen LogP contribution in [-0.2, 0) is 6.42 Å². The Morgan fingerprint density at radius 1 is 1.40 bits per heavy atom. The van der Waals surface area contributed by atoms with Gasteiger partial charge in [-0.05, 0) is 17.7 Å². The molecule has 0 unspecified atom stereocenters. The van der Waals surface area contributed by atoms with Crippen molar-refractivity contribution in [2.45, 2.75) is 6.42 Å². The van der Waals surface area contributed by atoms with Crippen LogP contribution in [0.4, 0.5) is 0 Å². The number of aromatic nitrogens is 2. The van der Waals surface area contributed by atoms with E-state index in [1.54, 1.807) is 7.11 Å². The van der Waals surface area contributed by atoms with E-state index in [9.17, 15) is 0 Å². The van der Waals surface area contributed by atoms with Gasteiger partial charge in [0.2, 0.25) is 5.89 Å². The molecule has 0 atom stereocenters. The third-order valence-electron chi connectivity index (χ3n) is 1.93. The van der Waals surface area contributed by atoms with E-state index < -0.39 is 0 Å². The lowest BCUT2D eigenvalue weighted by atomic mass is 10.1. The minimum Gasteiger partial charge on any atom is -0.497 e. The zero-order valence-electron chi connectivity index (χ0n) is 8.11. The lowest BCUT2D eigenvalue weighted by Gasteiger charge is -2.01. The highest BCUT2D eigenvalue weighted by Crippen LogP contribution is 2.15. The van der Waals surface area contributed by atoms with Crippen LogP contribution in [0.3, 0.4) is 0 Å². The second-order valence-electron chi connectivity index (χ2n) is 2.98. The van der Waals surface area contributed by atoms with Gasteiger partial charge in [-0.15, -0.1) is 10.2 Å². The smallest absolute Gasteiger partial charge is 0.278 e. The van der Waals surface area contributed by atoms with Crippen LogP contribution in [0.25, 0.3) is 0 Å². The lowest BCUT2D eigenvalue weighted by molar-refractivity contribution is 0.414. The molecule has 0 fully saturated rings. The first-order valence-corrected chi connectivity index (χ1v) is 5.46. The Morgan fingerprint density at radius 3 is 2.93 bits per heavy atom. The van der Waals surface area contributed by atoms with E-state index >= 15 is 0 Å². The molecule has 0 spiro atoms. The average molecular weight is 316 g/mol. The standard InChI is InChI=1S/C10H9IN2O2/c1-14-8-4-2-3-7(5-8)6-9-12-13-10(11)15-9/h2-5H,6H2,1H3. The molecule has 0 aliphatic carbocycles. The van der Waals surface area contributed by atoms with Gasteiger partial charge in [0.05, 0.1) is 13.5 Å². The molecular formula is C10H9IN2O2. The van der Waals surface area contributed by atoms with Crippen LogP contribution in [-0.4, -0.2) is 17.3 Å². The quantitative estimate of drug-likeness (QED) is 0.815. The first kappa shape index (κ1) is 10.4. The highest BCUT2D eigenvalue weighted by atomic mass is 127. The van der Waals surface area contributed by atoms with Gasteiger partial charge in [0.15, 0.2) is 0 Å².